The number of ether oxygens (including phenoxy) is 1. The quantitative estimate of drug-likeness (QED) is 0.825. The molecule has 1 heterocycles. The van der Waals surface area contributed by atoms with Gasteiger partial charge in [0.15, 0.2) is 0 Å². The van der Waals surface area contributed by atoms with Gasteiger partial charge in [-0.15, -0.1) is 0 Å². The standard InChI is InChI=1S/C17H31N3O3/c1-5-15(21)20-14(16(22)18-9-10-19(3)4)12-23-17(20)8-6-7-13(2)11-17/h13-14H,5-12H2,1-4H3,(H,18,22)/t13-,14+,17+/m0/s1. The molecule has 0 radical (unpaired) electrons. The van der Waals surface area contributed by atoms with Crippen LogP contribution in [0.25, 0.3) is 0 Å². The smallest absolute Gasteiger partial charge is 0.245 e. The fourth-order valence-electron chi connectivity index (χ4n) is 3.77. The average Bonchev–Trinajstić information content (AvgIpc) is 2.84. The molecule has 0 bridgehead atoms. The second kappa shape index (κ2) is 7.62. The zero-order chi connectivity index (χ0) is 17.0. The van der Waals surface area contributed by atoms with E-state index in [0.717, 1.165) is 25.8 Å². The zero-order valence-corrected chi connectivity index (χ0v) is 14.9. The molecule has 1 spiro atoms. The minimum atomic E-state index is -0.561. The third-order valence-corrected chi connectivity index (χ3v) is 4.92. The number of rotatable bonds is 5. The molecule has 1 aliphatic heterocycles. The van der Waals surface area contributed by atoms with Crippen LogP contribution in [0.2, 0.25) is 0 Å². The largest absolute Gasteiger partial charge is 0.353 e. The molecule has 23 heavy (non-hydrogen) atoms. The number of amides is 2. The Balaban J connectivity index is 2.10. The fourth-order valence-corrected chi connectivity index (χ4v) is 3.77. The van der Waals surface area contributed by atoms with Gasteiger partial charge in [0.1, 0.15) is 11.8 Å². The maximum absolute atomic E-state index is 12.6. The van der Waals surface area contributed by atoms with Gasteiger partial charge in [-0.3, -0.25) is 14.5 Å². The Labute approximate surface area is 139 Å². The molecular formula is C17H31N3O3. The van der Waals surface area contributed by atoms with E-state index < -0.39 is 11.8 Å². The highest BCUT2D eigenvalue weighted by atomic mass is 16.5. The highest BCUT2D eigenvalue weighted by molar-refractivity contribution is 5.88. The Bertz CT molecular complexity index is 441. The normalized spacial score (nSPS) is 30.9. The molecule has 3 atom stereocenters. The van der Waals surface area contributed by atoms with E-state index in [1.165, 1.54) is 6.42 Å². The molecule has 0 aromatic carbocycles. The average molecular weight is 325 g/mol. The molecule has 132 valence electrons. The van der Waals surface area contributed by atoms with Gasteiger partial charge < -0.3 is 15.0 Å². The molecule has 1 N–H and O–H groups in total. The van der Waals surface area contributed by atoms with Gasteiger partial charge in [-0.1, -0.05) is 20.3 Å². The van der Waals surface area contributed by atoms with Crippen LogP contribution in [0.3, 0.4) is 0 Å². The van der Waals surface area contributed by atoms with Crippen molar-refractivity contribution in [2.24, 2.45) is 5.92 Å². The summed E-state index contributed by atoms with van der Waals surface area (Å²) in [7, 11) is 3.94. The maximum atomic E-state index is 12.6. The van der Waals surface area contributed by atoms with Gasteiger partial charge in [-0.05, 0) is 39.3 Å². The first-order valence-electron chi connectivity index (χ1n) is 8.78. The first-order chi connectivity index (χ1) is 10.9. The van der Waals surface area contributed by atoms with Gasteiger partial charge in [0.25, 0.3) is 0 Å². The lowest BCUT2D eigenvalue weighted by atomic mass is 9.83. The highest BCUT2D eigenvalue weighted by Crippen LogP contribution is 2.42. The van der Waals surface area contributed by atoms with Crippen LogP contribution in [0.5, 0.6) is 0 Å². The molecule has 0 aromatic rings. The summed E-state index contributed by atoms with van der Waals surface area (Å²) in [6.45, 7) is 5.72. The van der Waals surface area contributed by atoms with Crippen molar-refractivity contribution in [2.45, 2.75) is 57.7 Å². The maximum Gasteiger partial charge on any atom is 0.245 e. The van der Waals surface area contributed by atoms with Crippen molar-refractivity contribution in [3.63, 3.8) is 0 Å². The Morgan fingerprint density at radius 1 is 1.39 bits per heavy atom. The number of carbonyl (C=O) groups is 2. The van der Waals surface area contributed by atoms with Crippen LogP contribution < -0.4 is 5.32 Å². The first kappa shape index (κ1) is 18.2. The molecule has 1 aliphatic carbocycles. The summed E-state index contributed by atoms with van der Waals surface area (Å²) in [6, 6.07) is -0.491. The third kappa shape index (κ3) is 4.04. The van der Waals surface area contributed by atoms with Crippen molar-refractivity contribution in [3.8, 4) is 0 Å². The predicted octanol–water partition coefficient (Wildman–Crippen LogP) is 1.21. The summed E-state index contributed by atoms with van der Waals surface area (Å²) in [5.74, 6) is 0.444. The number of carbonyl (C=O) groups excluding carboxylic acids is 2. The second-order valence-corrected chi connectivity index (χ2v) is 7.19. The minimum Gasteiger partial charge on any atom is -0.353 e. The number of hydrogen-bond donors (Lipinski definition) is 1. The van der Waals surface area contributed by atoms with Crippen LogP contribution in [0, 0.1) is 5.92 Å². The van der Waals surface area contributed by atoms with Crippen LogP contribution in [-0.2, 0) is 14.3 Å². The van der Waals surface area contributed by atoms with Gasteiger partial charge in [-0.2, -0.15) is 0 Å². The summed E-state index contributed by atoms with van der Waals surface area (Å²) >= 11 is 0. The van der Waals surface area contributed by atoms with E-state index in [1.807, 2.05) is 25.9 Å². The highest BCUT2D eigenvalue weighted by Gasteiger charge is 2.53. The molecule has 2 rings (SSSR count). The van der Waals surface area contributed by atoms with Gasteiger partial charge in [-0.25, -0.2) is 0 Å². The molecule has 0 unspecified atom stereocenters. The van der Waals surface area contributed by atoms with Gasteiger partial charge in [0.05, 0.1) is 6.61 Å². The van der Waals surface area contributed by atoms with Crippen LogP contribution in [0.1, 0.15) is 46.0 Å². The second-order valence-electron chi connectivity index (χ2n) is 7.19. The topological polar surface area (TPSA) is 61.9 Å². The Hall–Kier alpha value is -1.14. The van der Waals surface area contributed by atoms with Crippen LogP contribution in [-0.4, -0.2) is 67.2 Å². The van der Waals surface area contributed by atoms with Crippen molar-refractivity contribution >= 4 is 11.8 Å². The number of hydrogen-bond acceptors (Lipinski definition) is 4. The van der Waals surface area contributed by atoms with Crippen LogP contribution >= 0.6 is 0 Å². The summed E-state index contributed by atoms with van der Waals surface area (Å²) in [5, 5.41) is 2.94. The molecule has 2 amide bonds. The van der Waals surface area contributed by atoms with Crippen LogP contribution in [0.4, 0.5) is 0 Å². The SMILES string of the molecule is CCC(=O)N1[C@@H](C(=O)NCCN(C)C)CO[C@@]12CCC[C@H](C)C2. The summed E-state index contributed by atoms with van der Waals surface area (Å²) in [5.41, 5.74) is -0.561. The predicted molar refractivity (Wildman–Crippen MR) is 88.8 cm³/mol. The van der Waals surface area contributed by atoms with Crippen molar-refractivity contribution in [3.05, 3.63) is 0 Å². The molecule has 1 saturated heterocycles. The Kier molecular flexibility index (Phi) is 6.03. The van der Waals surface area contributed by atoms with E-state index in [2.05, 4.69) is 12.2 Å². The van der Waals surface area contributed by atoms with Crippen molar-refractivity contribution in [2.75, 3.05) is 33.8 Å². The van der Waals surface area contributed by atoms with E-state index in [9.17, 15) is 9.59 Å². The molecule has 0 aromatic heterocycles. The molecular weight excluding hydrogens is 294 g/mol. The third-order valence-electron chi connectivity index (χ3n) is 4.92. The molecule has 1 saturated carbocycles. The first-order valence-corrected chi connectivity index (χ1v) is 8.78. The minimum absolute atomic E-state index is 0.0179. The Morgan fingerprint density at radius 2 is 2.13 bits per heavy atom. The van der Waals surface area contributed by atoms with E-state index in [4.69, 9.17) is 4.74 Å². The van der Waals surface area contributed by atoms with Crippen molar-refractivity contribution < 1.29 is 14.3 Å². The molecule has 6 nitrogen and oxygen atoms in total. The fraction of sp³-hybridized carbons (Fsp3) is 0.882. The molecule has 6 heteroatoms. The molecule has 2 aliphatic rings. The summed E-state index contributed by atoms with van der Waals surface area (Å²) in [6.07, 6.45) is 4.29. The van der Waals surface area contributed by atoms with E-state index in [-0.39, 0.29) is 11.8 Å². The van der Waals surface area contributed by atoms with E-state index in [1.54, 1.807) is 4.90 Å². The van der Waals surface area contributed by atoms with E-state index in [0.29, 0.717) is 25.5 Å². The van der Waals surface area contributed by atoms with Crippen LogP contribution in [0.15, 0.2) is 0 Å². The zero-order valence-electron chi connectivity index (χ0n) is 14.9. The number of nitrogens with zero attached hydrogens (tertiary/aromatic N) is 2. The van der Waals surface area contributed by atoms with E-state index >= 15 is 0 Å². The lowest BCUT2D eigenvalue weighted by molar-refractivity contribution is -0.162. The summed E-state index contributed by atoms with van der Waals surface area (Å²) < 4.78 is 6.08. The lowest BCUT2D eigenvalue weighted by Gasteiger charge is -2.43. The number of likely N-dealkylation sites (N-methyl/N-ethyl adjacent to an activating group) is 1. The lowest BCUT2D eigenvalue weighted by Crippen LogP contribution is -2.57. The van der Waals surface area contributed by atoms with Gasteiger partial charge >= 0.3 is 0 Å². The number of nitrogens with one attached hydrogen (secondary N) is 1. The van der Waals surface area contributed by atoms with Crippen molar-refractivity contribution in [1.29, 1.82) is 0 Å². The Morgan fingerprint density at radius 3 is 2.74 bits per heavy atom. The monoisotopic (exact) mass is 325 g/mol. The molecule has 2 fully saturated rings. The van der Waals surface area contributed by atoms with Crippen molar-refractivity contribution in [1.82, 2.24) is 15.1 Å². The summed E-state index contributed by atoms with van der Waals surface area (Å²) in [4.78, 5) is 28.9. The van der Waals surface area contributed by atoms with Gasteiger partial charge in [0.2, 0.25) is 11.8 Å². The van der Waals surface area contributed by atoms with Gasteiger partial charge in [0, 0.05) is 19.5 Å².